The standard InChI is InChI=1S/C51H65N5O14/c1-25-13-12-14-26(2)50(64)53-41-36(21-52-55-27(3)22-54(23-28(55)4)24-34-15-17-35(18-16-34)56(65)66)45(61)38-39(46(41)62)44(60)32(8)48-40(38)49(63)51(10,70-48)68-20-19-37(67-11)29(5)47(69-33(9)57)31(7)43(59)30(6)42(25)58/h12-21,25,27-31,37,42-43,47,58-62H,22-24H2,1-11H3,(H,53,64)/t25-,27-,28+,29+,30-,31-,37+,42-,43-,47+,51-/m0/s1. The number of phenolic OH excluding ortho intramolecular Hbond substituents is 3. The second kappa shape index (κ2) is 21.2. The van der Waals surface area contributed by atoms with Crippen molar-refractivity contribution in [3.63, 3.8) is 0 Å². The zero-order chi connectivity index (χ0) is 51.7. The van der Waals surface area contributed by atoms with E-state index in [0.29, 0.717) is 19.6 Å². The molecule has 11 atom stereocenters. The van der Waals surface area contributed by atoms with Crippen LogP contribution in [0.3, 0.4) is 0 Å². The van der Waals surface area contributed by atoms with Gasteiger partial charge in [0.25, 0.3) is 17.4 Å². The Kier molecular flexibility index (Phi) is 16.0. The monoisotopic (exact) mass is 971 g/mol. The summed E-state index contributed by atoms with van der Waals surface area (Å²) >= 11 is 0. The van der Waals surface area contributed by atoms with E-state index in [4.69, 9.17) is 24.0 Å². The summed E-state index contributed by atoms with van der Waals surface area (Å²) in [6.07, 6.45) is 4.63. The number of allylic oxidation sites excluding steroid dienone is 2. The Balaban J connectivity index is 1.46. The minimum absolute atomic E-state index is 0.00438. The molecule has 0 unspecified atom stereocenters. The average molecular weight is 972 g/mol. The SMILES string of the molecule is CO[C@@H]1C=CO[C@@]2(C)Oc3c(C)c(O)c4c(O)c(c(C=NN5[C@H](C)CN(Cc6ccc([N+](=O)[O-])cc6)C[C@@H]5C)c(O)c4c3C2=O)NC(=O)C(C)=CC=C[C@H](C)[C@H](O)[C@H](C)[C@H](O)[C@H](C)[C@H](OC(C)=O)[C@@H]1C. The number of nitro benzene ring substituents is 1. The second-order valence-corrected chi connectivity index (χ2v) is 19.1. The topological polar surface area (TPSA) is 263 Å². The van der Waals surface area contributed by atoms with Crippen LogP contribution in [0.2, 0.25) is 0 Å². The molecule has 6 N–H and O–H groups in total. The van der Waals surface area contributed by atoms with Gasteiger partial charge in [-0.1, -0.05) is 58.1 Å². The number of piperazine rings is 1. The Morgan fingerprint density at radius 3 is 2.19 bits per heavy atom. The molecule has 5 bridgehead atoms. The second-order valence-electron chi connectivity index (χ2n) is 19.1. The fraction of sp³-hybridized carbons (Fsp3) is 0.490. The molecule has 1 amide bonds. The van der Waals surface area contributed by atoms with Crippen molar-refractivity contribution >= 4 is 46.0 Å². The van der Waals surface area contributed by atoms with Crippen molar-refractivity contribution in [3.05, 3.63) is 92.8 Å². The van der Waals surface area contributed by atoms with Crippen LogP contribution in [-0.4, -0.2) is 127 Å². The molecule has 19 nitrogen and oxygen atoms in total. The summed E-state index contributed by atoms with van der Waals surface area (Å²) in [4.78, 5) is 54.0. The van der Waals surface area contributed by atoms with Gasteiger partial charge >= 0.3 is 11.8 Å². The lowest BCUT2D eigenvalue weighted by molar-refractivity contribution is -0.384. The zero-order valence-corrected chi connectivity index (χ0v) is 41.4. The van der Waals surface area contributed by atoms with E-state index < -0.39 is 93.7 Å². The number of methoxy groups -OCH3 is 1. The summed E-state index contributed by atoms with van der Waals surface area (Å²) in [5.74, 6) is -8.81. The molecule has 70 heavy (non-hydrogen) atoms. The van der Waals surface area contributed by atoms with Crippen molar-refractivity contribution in [2.24, 2.45) is 28.8 Å². The van der Waals surface area contributed by atoms with E-state index >= 15 is 0 Å². The van der Waals surface area contributed by atoms with Crippen molar-refractivity contribution in [1.82, 2.24) is 9.91 Å². The number of fused-ring (bicyclic) bond motifs is 14. The number of anilines is 1. The van der Waals surface area contributed by atoms with Gasteiger partial charge in [0, 0.05) is 92.9 Å². The van der Waals surface area contributed by atoms with Gasteiger partial charge in [0.15, 0.2) is 5.75 Å². The number of aliphatic hydroxyl groups is 2. The summed E-state index contributed by atoms with van der Waals surface area (Å²) in [5.41, 5.74) is 0.292. The average Bonchev–Trinajstić information content (AvgIpc) is 3.57. The highest BCUT2D eigenvalue weighted by Crippen LogP contribution is 2.55. The number of carbonyl (C=O) groups excluding carboxylic acids is 3. The molecule has 0 radical (unpaired) electrons. The van der Waals surface area contributed by atoms with Crippen LogP contribution in [0.5, 0.6) is 23.0 Å². The molecule has 4 aliphatic rings. The number of rotatable bonds is 7. The third kappa shape index (κ3) is 10.5. The molecule has 0 saturated carbocycles. The summed E-state index contributed by atoms with van der Waals surface area (Å²) in [5, 5.41) is 79.2. The summed E-state index contributed by atoms with van der Waals surface area (Å²) in [6, 6.07) is 5.91. The van der Waals surface area contributed by atoms with E-state index in [1.54, 1.807) is 57.0 Å². The van der Waals surface area contributed by atoms with E-state index in [1.165, 1.54) is 71.6 Å². The highest BCUT2D eigenvalue weighted by atomic mass is 16.7. The maximum atomic E-state index is 14.7. The number of Topliss-reactive ketones (excluding diaryl/α,β-unsaturated/α-hetero) is 1. The molecular weight excluding hydrogens is 907 g/mol. The maximum Gasteiger partial charge on any atom is 0.312 e. The largest absolute Gasteiger partial charge is 0.507 e. The number of esters is 1. The van der Waals surface area contributed by atoms with Crippen LogP contribution < -0.4 is 10.1 Å². The molecule has 4 aliphatic heterocycles. The number of ketones is 1. The predicted octanol–water partition coefficient (Wildman–Crippen LogP) is 6.59. The first-order valence-electron chi connectivity index (χ1n) is 23.3. The van der Waals surface area contributed by atoms with Crippen LogP contribution in [-0.2, 0) is 30.3 Å². The molecule has 19 heteroatoms. The molecule has 3 aromatic carbocycles. The Labute approximate surface area is 406 Å². The van der Waals surface area contributed by atoms with Crippen LogP contribution in [0, 0.1) is 40.7 Å². The number of nitro groups is 1. The molecule has 0 aliphatic carbocycles. The highest BCUT2D eigenvalue weighted by molar-refractivity contribution is 6.23. The quantitative estimate of drug-likeness (QED) is 0.0364. The normalized spacial score (nSPS) is 29.3. The van der Waals surface area contributed by atoms with E-state index in [0.717, 1.165) is 5.56 Å². The van der Waals surface area contributed by atoms with Crippen LogP contribution in [0.4, 0.5) is 11.4 Å². The molecule has 1 saturated heterocycles. The number of aliphatic hydroxyl groups excluding tert-OH is 2. The number of hydrazone groups is 1. The van der Waals surface area contributed by atoms with Gasteiger partial charge in [0.2, 0.25) is 0 Å². The fourth-order valence-electron chi connectivity index (χ4n) is 9.76. The number of hydrogen-bond acceptors (Lipinski definition) is 17. The Bertz CT molecular complexity index is 2620. The molecule has 0 aromatic heterocycles. The number of ether oxygens (including phenoxy) is 4. The first kappa shape index (κ1) is 52.8. The van der Waals surface area contributed by atoms with E-state index in [9.17, 15) is 50.0 Å². The maximum absolute atomic E-state index is 14.7. The van der Waals surface area contributed by atoms with E-state index in [-0.39, 0.29) is 62.2 Å². The van der Waals surface area contributed by atoms with Gasteiger partial charge in [-0.05, 0) is 39.3 Å². The van der Waals surface area contributed by atoms with Crippen LogP contribution in [0.15, 0.2) is 65.5 Å². The van der Waals surface area contributed by atoms with Gasteiger partial charge < -0.3 is 49.8 Å². The van der Waals surface area contributed by atoms with Gasteiger partial charge in [-0.15, -0.1) is 0 Å². The third-order valence-electron chi connectivity index (χ3n) is 13.9. The number of hydrogen-bond donors (Lipinski definition) is 6. The summed E-state index contributed by atoms with van der Waals surface area (Å²) in [7, 11) is 1.43. The number of carbonyl (C=O) groups is 3. The first-order chi connectivity index (χ1) is 32.9. The first-order valence-corrected chi connectivity index (χ1v) is 23.3. The number of nitrogens with zero attached hydrogens (tertiary/aromatic N) is 4. The van der Waals surface area contributed by atoms with Crippen molar-refractivity contribution < 1.29 is 63.8 Å². The Hall–Kier alpha value is -6.54. The number of non-ortho nitro benzene ring substituents is 1. The van der Waals surface area contributed by atoms with E-state index in [1.807, 2.05) is 13.8 Å². The van der Waals surface area contributed by atoms with E-state index in [2.05, 4.69) is 10.2 Å². The Morgan fingerprint density at radius 1 is 0.943 bits per heavy atom. The fourth-order valence-corrected chi connectivity index (χ4v) is 9.76. The number of aromatic hydroxyl groups is 3. The van der Waals surface area contributed by atoms with Crippen LogP contribution in [0.25, 0.3) is 10.8 Å². The van der Waals surface area contributed by atoms with Gasteiger partial charge in [0.05, 0.1) is 70.0 Å². The lowest BCUT2D eigenvalue weighted by Gasteiger charge is -2.42. The number of amides is 1. The summed E-state index contributed by atoms with van der Waals surface area (Å²) in [6.45, 7) is 17.9. The molecule has 3 aromatic rings. The number of benzene rings is 3. The van der Waals surface area contributed by atoms with Crippen molar-refractivity contribution in [2.45, 2.75) is 118 Å². The van der Waals surface area contributed by atoms with Gasteiger partial charge in [0.1, 0.15) is 23.4 Å². The van der Waals surface area contributed by atoms with Crippen LogP contribution in [0.1, 0.15) is 89.4 Å². The van der Waals surface area contributed by atoms with Crippen molar-refractivity contribution in [3.8, 4) is 23.0 Å². The molecular formula is C51H65N5O14. The van der Waals surface area contributed by atoms with Crippen LogP contribution >= 0.6 is 0 Å². The van der Waals surface area contributed by atoms with Gasteiger partial charge in [-0.25, -0.2) is 0 Å². The Morgan fingerprint density at radius 2 is 1.59 bits per heavy atom. The molecule has 7 rings (SSSR count). The number of phenols is 3. The third-order valence-corrected chi connectivity index (χ3v) is 13.9. The lowest BCUT2D eigenvalue weighted by Crippen LogP contribution is -2.54. The summed E-state index contributed by atoms with van der Waals surface area (Å²) < 4.78 is 23.8. The molecule has 1 fully saturated rings. The van der Waals surface area contributed by atoms with Crippen molar-refractivity contribution in [2.75, 3.05) is 25.5 Å². The van der Waals surface area contributed by atoms with Gasteiger partial charge in [-0.3, -0.25) is 34.4 Å². The zero-order valence-electron chi connectivity index (χ0n) is 41.4. The lowest BCUT2D eigenvalue weighted by atomic mass is 9.78. The predicted molar refractivity (Wildman–Crippen MR) is 261 cm³/mol. The number of nitrogens with one attached hydrogen (secondary N) is 1. The van der Waals surface area contributed by atoms with Gasteiger partial charge in [-0.2, -0.15) is 5.10 Å². The molecule has 378 valence electrons. The molecule has 4 heterocycles. The minimum Gasteiger partial charge on any atom is -0.507 e. The molecule has 0 spiro atoms. The minimum atomic E-state index is -2.10. The highest BCUT2D eigenvalue weighted by Gasteiger charge is 2.50. The smallest absolute Gasteiger partial charge is 0.312 e. The van der Waals surface area contributed by atoms with Crippen molar-refractivity contribution in [1.29, 1.82) is 0 Å².